The van der Waals surface area contributed by atoms with E-state index in [1.165, 1.54) is 27.9 Å². The minimum absolute atomic E-state index is 0.251. The molecule has 0 aromatic carbocycles. The summed E-state index contributed by atoms with van der Waals surface area (Å²) in [6.45, 7) is 0. The van der Waals surface area contributed by atoms with Gasteiger partial charge in [-0.05, 0) is 6.07 Å². The first-order chi connectivity index (χ1) is 9.34. The van der Waals surface area contributed by atoms with Gasteiger partial charge in [0, 0.05) is 12.4 Å². The van der Waals surface area contributed by atoms with Gasteiger partial charge >= 0.3 is 0 Å². The van der Waals surface area contributed by atoms with E-state index in [9.17, 15) is 4.79 Å². The van der Waals surface area contributed by atoms with Gasteiger partial charge in [-0.1, -0.05) is 0 Å². The zero-order chi connectivity index (χ0) is 12.8. The molecule has 0 fully saturated rings. The summed E-state index contributed by atoms with van der Waals surface area (Å²) in [5, 5.41) is 10.8. The number of nitrogens with zero attached hydrogens (tertiary/aromatic N) is 7. The van der Waals surface area contributed by atoms with E-state index >= 15 is 0 Å². The molecule has 1 N–H and O–H groups in total. The molecule has 0 bridgehead atoms. The number of hydrogen-bond donors (Lipinski definition) is 1. The van der Waals surface area contributed by atoms with Gasteiger partial charge in [0.15, 0.2) is 0 Å². The Morgan fingerprint density at radius 2 is 2.11 bits per heavy atom. The highest BCUT2D eigenvalue weighted by Crippen LogP contribution is 2.09. The van der Waals surface area contributed by atoms with Gasteiger partial charge in [-0.2, -0.15) is 24.7 Å². The standard InChI is InChI=1S/C10H6N8O/c19-8-6-3-11-9-13-5-15-18(9)7(6)1-2-17(8)10-12-4-14-16-10/h1-5H,(H,12,14,16). The molecular formula is C10H6N8O. The summed E-state index contributed by atoms with van der Waals surface area (Å²) < 4.78 is 2.88. The Morgan fingerprint density at radius 1 is 1.16 bits per heavy atom. The molecule has 0 saturated heterocycles. The van der Waals surface area contributed by atoms with Crippen LogP contribution in [0.2, 0.25) is 0 Å². The SMILES string of the molecule is O=c1c2cnc3ncnn3c2ccn1-c1ncn[nH]1. The van der Waals surface area contributed by atoms with Crippen molar-refractivity contribution in [2.24, 2.45) is 0 Å². The van der Waals surface area contributed by atoms with Crippen molar-refractivity contribution in [1.82, 2.24) is 39.3 Å². The van der Waals surface area contributed by atoms with Crippen molar-refractivity contribution in [1.29, 1.82) is 0 Å². The molecule has 0 unspecified atom stereocenters. The summed E-state index contributed by atoms with van der Waals surface area (Å²) in [5.74, 6) is 0.801. The van der Waals surface area contributed by atoms with Gasteiger partial charge in [-0.3, -0.25) is 9.36 Å². The van der Waals surface area contributed by atoms with Gasteiger partial charge in [-0.25, -0.2) is 10.1 Å². The normalized spacial score (nSPS) is 11.4. The van der Waals surface area contributed by atoms with Crippen LogP contribution in [-0.4, -0.2) is 39.3 Å². The average molecular weight is 254 g/mol. The van der Waals surface area contributed by atoms with Crippen molar-refractivity contribution < 1.29 is 0 Å². The second-order valence-electron chi connectivity index (χ2n) is 3.83. The topological polar surface area (TPSA) is 107 Å². The van der Waals surface area contributed by atoms with Crippen LogP contribution in [0.3, 0.4) is 0 Å². The molecule has 0 amide bonds. The van der Waals surface area contributed by atoms with E-state index < -0.39 is 0 Å². The number of H-pyrrole nitrogens is 1. The number of aromatic amines is 1. The van der Waals surface area contributed by atoms with E-state index in [0.717, 1.165) is 0 Å². The fourth-order valence-electron chi connectivity index (χ4n) is 1.95. The first-order valence-electron chi connectivity index (χ1n) is 5.40. The summed E-state index contributed by atoms with van der Waals surface area (Å²) in [4.78, 5) is 24.4. The molecule has 19 heavy (non-hydrogen) atoms. The molecular weight excluding hydrogens is 248 g/mol. The average Bonchev–Trinajstić information content (AvgIpc) is 3.10. The zero-order valence-corrected chi connectivity index (χ0v) is 9.43. The van der Waals surface area contributed by atoms with Crippen molar-refractivity contribution in [3.63, 3.8) is 0 Å². The lowest BCUT2D eigenvalue weighted by Crippen LogP contribution is -2.19. The van der Waals surface area contributed by atoms with Crippen LogP contribution < -0.4 is 5.56 Å². The fourth-order valence-corrected chi connectivity index (χ4v) is 1.95. The highest BCUT2D eigenvalue weighted by atomic mass is 16.1. The number of aromatic nitrogens is 8. The van der Waals surface area contributed by atoms with Crippen LogP contribution in [0.25, 0.3) is 22.6 Å². The molecule has 4 aromatic rings. The van der Waals surface area contributed by atoms with E-state index in [0.29, 0.717) is 22.6 Å². The predicted octanol–water partition coefficient (Wildman–Crippen LogP) is -0.454. The molecule has 0 saturated carbocycles. The minimum atomic E-state index is -0.251. The Balaban J connectivity index is 2.14. The van der Waals surface area contributed by atoms with Crippen molar-refractivity contribution in [2.75, 3.05) is 0 Å². The molecule has 0 aliphatic carbocycles. The van der Waals surface area contributed by atoms with E-state index in [-0.39, 0.29) is 5.56 Å². The third-order valence-electron chi connectivity index (χ3n) is 2.80. The van der Waals surface area contributed by atoms with E-state index in [4.69, 9.17) is 0 Å². The maximum atomic E-state index is 12.4. The molecule has 9 heteroatoms. The highest BCUT2D eigenvalue weighted by Gasteiger charge is 2.10. The van der Waals surface area contributed by atoms with Crippen LogP contribution >= 0.6 is 0 Å². The number of fused-ring (bicyclic) bond motifs is 3. The van der Waals surface area contributed by atoms with Gasteiger partial charge in [0.1, 0.15) is 12.7 Å². The van der Waals surface area contributed by atoms with E-state index in [1.54, 1.807) is 12.3 Å². The number of pyridine rings is 1. The van der Waals surface area contributed by atoms with Crippen LogP contribution in [-0.2, 0) is 0 Å². The van der Waals surface area contributed by atoms with Crippen molar-refractivity contribution in [3.8, 4) is 5.95 Å². The Kier molecular flexibility index (Phi) is 1.79. The van der Waals surface area contributed by atoms with Gasteiger partial charge in [0.2, 0.25) is 5.95 Å². The smallest absolute Gasteiger partial charge is 0.268 e. The molecule has 0 aliphatic rings. The second-order valence-corrected chi connectivity index (χ2v) is 3.83. The van der Waals surface area contributed by atoms with Gasteiger partial charge < -0.3 is 0 Å². The number of rotatable bonds is 1. The third kappa shape index (κ3) is 1.29. The maximum Gasteiger partial charge on any atom is 0.268 e. The minimum Gasteiger partial charge on any atom is -0.268 e. The summed E-state index contributed by atoms with van der Waals surface area (Å²) >= 11 is 0. The van der Waals surface area contributed by atoms with Crippen molar-refractivity contribution in [2.45, 2.75) is 0 Å². The molecule has 9 nitrogen and oxygen atoms in total. The zero-order valence-electron chi connectivity index (χ0n) is 9.43. The quantitative estimate of drug-likeness (QED) is 0.493. The van der Waals surface area contributed by atoms with Crippen LogP contribution in [0.4, 0.5) is 0 Å². The molecule has 4 heterocycles. The van der Waals surface area contributed by atoms with Gasteiger partial charge in [-0.15, -0.1) is 0 Å². The monoisotopic (exact) mass is 254 g/mol. The van der Waals surface area contributed by atoms with Crippen LogP contribution in [0, 0.1) is 0 Å². The molecule has 0 atom stereocenters. The molecule has 92 valence electrons. The van der Waals surface area contributed by atoms with E-state index in [1.807, 2.05) is 0 Å². The molecule has 0 aliphatic heterocycles. The second kappa shape index (κ2) is 3.45. The van der Waals surface area contributed by atoms with Gasteiger partial charge in [0.05, 0.1) is 10.9 Å². The lowest BCUT2D eigenvalue weighted by atomic mass is 10.3. The van der Waals surface area contributed by atoms with Crippen LogP contribution in [0.5, 0.6) is 0 Å². The highest BCUT2D eigenvalue weighted by molar-refractivity contribution is 5.78. The first kappa shape index (κ1) is 9.88. The third-order valence-corrected chi connectivity index (χ3v) is 2.80. The maximum absolute atomic E-state index is 12.4. The molecule has 0 radical (unpaired) electrons. The fraction of sp³-hybridized carbons (Fsp3) is 0. The van der Waals surface area contributed by atoms with Crippen molar-refractivity contribution >= 4 is 16.7 Å². The van der Waals surface area contributed by atoms with Gasteiger partial charge in [0.25, 0.3) is 11.3 Å². The Morgan fingerprint density at radius 3 is 2.95 bits per heavy atom. The van der Waals surface area contributed by atoms with Crippen molar-refractivity contribution in [3.05, 3.63) is 41.5 Å². The lowest BCUT2D eigenvalue weighted by Gasteiger charge is -2.03. The molecule has 0 spiro atoms. The Hall–Kier alpha value is -3.10. The Bertz CT molecular complexity index is 935. The lowest BCUT2D eigenvalue weighted by molar-refractivity contribution is 0.894. The molecule has 4 rings (SSSR count). The largest absolute Gasteiger partial charge is 0.268 e. The number of nitrogens with one attached hydrogen (secondary N) is 1. The number of hydrogen-bond acceptors (Lipinski definition) is 6. The Labute approximate surface area is 104 Å². The first-order valence-corrected chi connectivity index (χ1v) is 5.40. The summed E-state index contributed by atoms with van der Waals surface area (Å²) in [6.07, 6.45) is 5.81. The molecule has 4 aromatic heterocycles. The van der Waals surface area contributed by atoms with E-state index in [2.05, 4.69) is 30.2 Å². The predicted molar refractivity (Wildman–Crippen MR) is 63.8 cm³/mol. The summed E-state index contributed by atoms with van der Waals surface area (Å²) in [6, 6.07) is 1.75. The summed E-state index contributed by atoms with van der Waals surface area (Å²) in [5.41, 5.74) is 0.391. The van der Waals surface area contributed by atoms with Crippen LogP contribution in [0.15, 0.2) is 35.9 Å². The van der Waals surface area contributed by atoms with Crippen LogP contribution in [0.1, 0.15) is 0 Å². The summed E-state index contributed by atoms with van der Waals surface area (Å²) in [7, 11) is 0.